The van der Waals surface area contributed by atoms with E-state index in [1.54, 1.807) is 0 Å². The Morgan fingerprint density at radius 1 is 1.10 bits per heavy atom. The van der Waals surface area contributed by atoms with Crippen molar-refractivity contribution >= 4 is 11.6 Å². The summed E-state index contributed by atoms with van der Waals surface area (Å²) in [6.07, 6.45) is 7.69. The quantitative estimate of drug-likeness (QED) is 0.860. The third kappa shape index (κ3) is 3.33. The van der Waals surface area contributed by atoms with Crippen molar-refractivity contribution in [2.75, 3.05) is 5.32 Å². The van der Waals surface area contributed by atoms with Crippen LogP contribution in [0, 0.1) is 5.92 Å². The first-order valence-corrected chi connectivity index (χ1v) is 7.90. The van der Waals surface area contributed by atoms with Crippen LogP contribution in [0.3, 0.4) is 0 Å². The van der Waals surface area contributed by atoms with E-state index in [2.05, 4.69) is 17.6 Å². The SMILES string of the molecule is CC(Nc1ccc(C(=O)NC2CC2)cc1)C1CCCC1. The number of amides is 1. The molecule has 0 spiro atoms. The van der Waals surface area contributed by atoms with E-state index in [9.17, 15) is 4.79 Å². The van der Waals surface area contributed by atoms with Gasteiger partial charge in [-0.15, -0.1) is 0 Å². The molecule has 0 radical (unpaired) electrons. The molecular weight excluding hydrogens is 248 g/mol. The van der Waals surface area contributed by atoms with Gasteiger partial charge in [-0.2, -0.15) is 0 Å². The molecule has 3 rings (SSSR count). The maximum absolute atomic E-state index is 11.9. The van der Waals surface area contributed by atoms with Gasteiger partial charge in [0.2, 0.25) is 0 Å². The Balaban J connectivity index is 1.56. The van der Waals surface area contributed by atoms with Crippen LogP contribution in [0.5, 0.6) is 0 Å². The van der Waals surface area contributed by atoms with E-state index >= 15 is 0 Å². The lowest BCUT2D eigenvalue weighted by molar-refractivity contribution is 0.0951. The summed E-state index contributed by atoms with van der Waals surface area (Å²) in [4.78, 5) is 11.9. The van der Waals surface area contributed by atoms with Gasteiger partial charge in [0.15, 0.2) is 0 Å². The summed E-state index contributed by atoms with van der Waals surface area (Å²) in [5.74, 6) is 0.857. The molecule has 0 aromatic heterocycles. The van der Waals surface area contributed by atoms with Crippen LogP contribution in [0.15, 0.2) is 24.3 Å². The Bertz CT molecular complexity index is 458. The number of benzene rings is 1. The maximum Gasteiger partial charge on any atom is 0.251 e. The van der Waals surface area contributed by atoms with Gasteiger partial charge in [-0.3, -0.25) is 4.79 Å². The summed E-state index contributed by atoms with van der Waals surface area (Å²) < 4.78 is 0. The number of carbonyl (C=O) groups excluding carboxylic acids is 1. The number of anilines is 1. The Kier molecular flexibility index (Phi) is 3.95. The zero-order chi connectivity index (χ0) is 13.9. The van der Waals surface area contributed by atoms with Gasteiger partial charge < -0.3 is 10.6 Å². The molecule has 1 aromatic carbocycles. The Labute approximate surface area is 121 Å². The molecular formula is C17H24N2O. The highest BCUT2D eigenvalue weighted by Crippen LogP contribution is 2.29. The first-order chi connectivity index (χ1) is 9.72. The molecule has 3 nitrogen and oxygen atoms in total. The molecule has 2 fully saturated rings. The van der Waals surface area contributed by atoms with Crippen molar-refractivity contribution in [1.29, 1.82) is 0 Å². The van der Waals surface area contributed by atoms with E-state index in [1.807, 2.05) is 24.3 Å². The van der Waals surface area contributed by atoms with Gasteiger partial charge in [0.05, 0.1) is 0 Å². The molecule has 20 heavy (non-hydrogen) atoms. The van der Waals surface area contributed by atoms with Gasteiger partial charge in [0.1, 0.15) is 0 Å². The molecule has 0 saturated heterocycles. The minimum Gasteiger partial charge on any atom is -0.382 e. The van der Waals surface area contributed by atoms with E-state index in [4.69, 9.17) is 0 Å². The smallest absolute Gasteiger partial charge is 0.251 e. The summed E-state index contributed by atoms with van der Waals surface area (Å²) in [7, 11) is 0. The number of hydrogen-bond donors (Lipinski definition) is 2. The zero-order valence-electron chi connectivity index (χ0n) is 12.2. The van der Waals surface area contributed by atoms with Crippen LogP contribution in [0.4, 0.5) is 5.69 Å². The van der Waals surface area contributed by atoms with Crippen LogP contribution in [0.2, 0.25) is 0 Å². The fourth-order valence-corrected chi connectivity index (χ4v) is 3.05. The lowest BCUT2D eigenvalue weighted by Crippen LogP contribution is -2.25. The summed E-state index contributed by atoms with van der Waals surface area (Å²) in [6, 6.07) is 8.81. The first-order valence-electron chi connectivity index (χ1n) is 7.90. The van der Waals surface area contributed by atoms with Gasteiger partial charge >= 0.3 is 0 Å². The van der Waals surface area contributed by atoms with Crippen LogP contribution in [0.1, 0.15) is 55.8 Å². The summed E-state index contributed by atoms with van der Waals surface area (Å²) >= 11 is 0. The lowest BCUT2D eigenvalue weighted by atomic mass is 9.99. The summed E-state index contributed by atoms with van der Waals surface area (Å²) in [5, 5.41) is 6.59. The van der Waals surface area contributed by atoms with E-state index in [0.29, 0.717) is 12.1 Å². The van der Waals surface area contributed by atoms with Crippen LogP contribution in [0.25, 0.3) is 0 Å². The Morgan fingerprint density at radius 3 is 2.35 bits per heavy atom. The molecule has 3 heteroatoms. The maximum atomic E-state index is 11.9. The standard InChI is InChI=1S/C17H24N2O/c1-12(13-4-2-3-5-13)18-15-8-6-14(7-9-15)17(20)19-16-10-11-16/h6-9,12-13,16,18H,2-5,10-11H2,1H3,(H,19,20). The predicted molar refractivity (Wildman–Crippen MR) is 82.0 cm³/mol. The Hall–Kier alpha value is -1.51. The minimum absolute atomic E-state index is 0.0582. The Morgan fingerprint density at radius 2 is 1.75 bits per heavy atom. The highest BCUT2D eigenvalue weighted by Gasteiger charge is 2.24. The molecule has 0 aliphatic heterocycles. The van der Waals surface area contributed by atoms with E-state index in [-0.39, 0.29) is 5.91 Å². The van der Waals surface area contributed by atoms with Gasteiger partial charge in [0.25, 0.3) is 5.91 Å². The van der Waals surface area contributed by atoms with Gasteiger partial charge in [-0.25, -0.2) is 0 Å². The highest BCUT2D eigenvalue weighted by atomic mass is 16.1. The molecule has 2 saturated carbocycles. The molecule has 1 amide bonds. The average Bonchev–Trinajstić information content (AvgIpc) is 3.08. The van der Waals surface area contributed by atoms with Crippen molar-refractivity contribution in [1.82, 2.24) is 5.32 Å². The third-order valence-corrected chi connectivity index (χ3v) is 4.56. The second kappa shape index (κ2) is 5.86. The molecule has 108 valence electrons. The fraction of sp³-hybridized carbons (Fsp3) is 0.588. The van der Waals surface area contributed by atoms with Crippen molar-refractivity contribution in [2.24, 2.45) is 5.92 Å². The number of nitrogens with one attached hydrogen (secondary N) is 2. The number of hydrogen-bond acceptors (Lipinski definition) is 2. The van der Waals surface area contributed by atoms with Crippen molar-refractivity contribution in [3.8, 4) is 0 Å². The molecule has 0 bridgehead atoms. The lowest BCUT2D eigenvalue weighted by Gasteiger charge is -2.21. The summed E-state index contributed by atoms with van der Waals surface area (Å²) in [5.41, 5.74) is 1.88. The van der Waals surface area contributed by atoms with Gasteiger partial charge in [-0.05, 0) is 62.8 Å². The van der Waals surface area contributed by atoms with Crippen LogP contribution in [-0.2, 0) is 0 Å². The monoisotopic (exact) mass is 272 g/mol. The van der Waals surface area contributed by atoms with Crippen LogP contribution < -0.4 is 10.6 Å². The molecule has 1 unspecified atom stereocenters. The first kappa shape index (κ1) is 13.5. The molecule has 2 aliphatic rings. The molecule has 2 N–H and O–H groups in total. The molecule has 1 aromatic rings. The fourth-order valence-electron chi connectivity index (χ4n) is 3.05. The molecule has 1 atom stereocenters. The molecule has 2 aliphatic carbocycles. The summed E-state index contributed by atoms with van der Waals surface area (Å²) in [6.45, 7) is 2.27. The number of carbonyl (C=O) groups is 1. The topological polar surface area (TPSA) is 41.1 Å². The van der Waals surface area contributed by atoms with Crippen LogP contribution >= 0.6 is 0 Å². The third-order valence-electron chi connectivity index (χ3n) is 4.56. The zero-order valence-corrected chi connectivity index (χ0v) is 12.2. The number of rotatable bonds is 5. The van der Waals surface area contributed by atoms with Gasteiger partial charge in [-0.1, -0.05) is 12.8 Å². The van der Waals surface area contributed by atoms with Crippen molar-refractivity contribution in [3.05, 3.63) is 29.8 Å². The second-order valence-corrected chi connectivity index (χ2v) is 6.30. The van der Waals surface area contributed by atoms with Crippen LogP contribution in [-0.4, -0.2) is 18.0 Å². The highest BCUT2D eigenvalue weighted by molar-refractivity contribution is 5.94. The van der Waals surface area contributed by atoms with E-state index < -0.39 is 0 Å². The van der Waals surface area contributed by atoms with Crippen molar-refractivity contribution < 1.29 is 4.79 Å². The normalized spacial score (nSPS) is 20.6. The van der Waals surface area contributed by atoms with E-state index in [0.717, 1.165) is 30.0 Å². The van der Waals surface area contributed by atoms with E-state index in [1.165, 1.54) is 25.7 Å². The molecule has 0 heterocycles. The average molecular weight is 272 g/mol. The second-order valence-electron chi connectivity index (χ2n) is 6.30. The van der Waals surface area contributed by atoms with Crippen molar-refractivity contribution in [3.63, 3.8) is 0 Å². The minimum atomic E-state index is 0.0582. The largest absolute Gasteiger partial charge is 0.382 e. The predicted octanol–water partition coefficient (Wildman–Crippen LogP) is 3.57. The van der Waals surface area contributed by atoms with Crippen molar-refractivity contribution in [2.45, 2.75) is 57.5 Å². The van der Waals surface area contributed by atoms with Gasteiger partial charge in [0, 0.05) is 23.3 Å².